The molecule has 1 atom stereocenters. The van der Waals surface area contributed by atoms with Gasteiger partial charge in [0.2, 0.25) is 5.91 Å². The van der Waals surface area contributed by atoms with Crippen molar-refractivity contribution < 1.29 is 19.1 Å². The van der Waals surface area contributed by atoms with Crippen LogP contribution in [-0.4, -0.2) is 36.3 Å². The predicted molar refractivity (Wildman–Crippen MR) is 111 cm³/mol. The summed E-state index contributed by atoms with van der Waals surface area (Å²) in [6, 6.07) is 12.7. The first-order chi connectivity index (χ1) is 14.1. The largest absolute Gasteiger partial charge is 0.490 e. The van der Waals surface area contributed by atoms with Gasteiger partial charge in [0.25, 0.3) is 0 Å². The number of carbonyl (C=O) groups is 2. The molecule has 0 saturated carbocycles. The maximum absolute atomic E-state index is 12.9. The monoisotopic (exact) mass is 413 g/mol. The van der Waals surface area contributed by atoms with Crippen LogP contribution < -0.4 is 9.47 Å². The minimum Gasteiger partial charge on any atom is -0.490 e. The van der Waals surface area contributed by atoms with E-state index in [4.69, 9.17) is 21.1 Å². The highest BCUT2D eigenvalue weighted by atomic mass is 35.5. The second-order valence-corrected chi connectivity index (χ2v) is 7.87. The molecule has 29 heavy (non-hydrogen) atoms. The van der Waals surface area contributed by atoms with Gasteiger partial charge in [-0.3, -0.25) is 9.59 Å². The molecule has 1 fully saturated rings. The van der Waals surface area contributed by atoms with Crippen LogP contribution in [0.4, 0.5) is 0 Å². The molecule has 0 radical (unpaired) electrons. The van der Waals surface area contributed by atoms with E-state index in [-0.39, 0.29) is 30.6 Å². The Balaban J connectivity index is 1.41. The van der Waals surface area contributed by atoms with Crippen LogP contribution in [0.3, 0.4) is 0 Å². The molecule has 2 aliphatic rings. The number of ether oxygens (including phenoxy) is 2. The lowest BCUT2D eigenvalue weighted by atomic mass is 10.0. The summed E-state index contributed by atoms with van der Waals surface area (Å²) in [6.45, 7) is 2.01. The van der Waals surface area contributed by atoms with E-state index in [2.05, 4.69) is 0 Å². The van der Waals surface area contributed by atoms with E-state index < -0.39 is 0 Å². The number of fused-ring (bicyclic) bond motifs is 1. The zero-order valence-corrected chi connectivity index (χ0v) is 17.0. The van der Waals surface area contributed by atoms with Gasteiger partial charge in [-0.1, -0.05) is 17.7 Å². The van der Waals surface area contributed by atoms with Crippen molar-refractivity contribution in [1.82, 2.24) is 4.90 Å². The first kappa shape index (κ1) is 19.8. The smallest absolute Gasteiger partial charge is 0.223 e. The molecule has 0 spiro atoms. The molecule has 0 bridgehead atoms. The minimum atomic E-state index is -0.0404. The summed E-state index contributed by atoms with van der Waals surface area (Å²) in [5, 5.41) is 0.590. The topological polar surface area (TPSA) is 55.8 Å². The molecule has 0 aromatic heterocycles. The van der Waals surface area contributed by atoms with Crippen LogP contribution in [0.15, 0.2) is 42.5 Å². The van der Waals surface area contributed by atoms with E-state index in [0.29, 0.717) is 30.3 Å². The van der Waals surface area contributed by atoms with Gasteiger partial charge in [-0.25, -0.2) is 0 Å². The van der Waals surface area contributed by atoms with Crippen LogP contribution in [0, 0.1) is 0 Å². The summed E-state index contributed by atoms with van der Waals surface area (Å²) in [6.07, 6.45) is 3.14. The number of amides is 1. The maximum atomic E-state index is 12.9. The number of benzene rings is 2. The number of rotatable bonds is 5. The molecule has 2 heterocycles. The Morgan fingerprint density at radius 1 is 0.966 bits per heavy atom. The number of halogens is 1. The summed E-state index contributed by atoms with van der Waals surface area (Å²) >= 11 is 5.87. The Hall–Kier alpha value is -2.53. The van der Waals surface area contributed by atoms with Crippen molar-refractivity contribution in [2.24, 2.45) is 0 Å². The molecule has 2 aliphatic heterocycles. The van der Waals surface area contributed by atoms with Crippen LogP contribution in [0.2, 0.25) is 5.02 Å². The van der Waals surface area contributed by atoms with Gasteiger partial charge in [0.1, 0.15) is 0 Å². The highest BCUT2D eigenvalue weighted by molar-refractivity contribution is 6.30. The zero-order chi connectivity index (χ0) is 20.2. The Labute approximate surface area is 175 Å². The van der Waals surface area contributed by atoms with Crippen LogP contribution in [-0.2, 0) is 4.79 Å². The summed E-state index contributed by atoms with van der Waals surface area (Å²) in [7, 11) is 0. The lowest BCUT2D eigenvalue weighted by molar-refractivity contribution is -0.132. The van der Waals surface area contributed by atoms with Crippen molar-refractivity contribution in [1.29, 1.82) is 0 Å². The van der Waals surface area contributed by atoms with E-state index in [9.17, 15) is 9.59 Å². The Kier molecular flexibility index (Phi) is 6.05. The average molecular weight is 414 g/mol. The van der Waals surface area contributed by atoms with Crippen molar-refractivity contribution >= 4 is 23.3 Å². The molecular formula is C23H24ClNO4. The standard InChI is InChI=1S/C23H24ClNO4/c24-18-7-4-16(5-8-18)20(26)9-11-23(27)25-12-1-3-19(25)17-6-10-21-22(15-17)29-14-2-13-28-21/h4-8,10,15,19H,1-3,9,11-14H2/t19-/m0/s1. The summed E-state index contributed by atoms with van der Waals surface area (Å²) in [5.41, 5.74) is 1.65. The number of carbonyl (C=O) groups excluding carboxylic acids is 2. The van der Waals surface area contributed by atoms with Crippen molar-refractivity contribution in [3.63, 3.8) is 0 Å². The molecule has 5 nitrogen and oxygen atoms in total. The molecule has 2 aromatic rings. The van der Waals surface area contributed by atoms with Crippen molar-refractivity contribution in [2.45, 2.75) is 38.1 Å². The Bertz CT molecular complexity index is 896. The van der Waals surface area contributed by atoms with E-state index in [1.165, 1.54) is 0 Å². The average Bonchev–Trinajstić information content (AvgIpc) is 3.11. The van der Waals surface area contributed by atoms with Crippen molar-refractivity contribution in [3.05, 3.63) is 58.6 Å². The highest BCUT2D eigenvalue weighted by Crippen LogP contribution is 2.38. The second-order valence-electron chi connectivity index (χ2n) is 7.43. The molecule has 1 saturated heterocycles. The molecule has 6 heteroatoms. The van der Waals surface area contributed by atoms with Gasteiger partial charge in [-0.15, -0.1) is 0 Å². The van der Waals surface area contributed by atoms with E-state index in [1.54, 1.807) is 24.3 Å². The molecule has 2 aromatic carbocycles. The van der Waals surface area contributed by atoms with Crippen LogP contribution >= 0.6 is 11.6 Å². The quantitative estimate of drug-likeness (QED) is 0.659. The zero-order valence-electron chi connectivity index (χ0n) is 16.2. The van der Waals surface area contributed by atoms with Gasteiger partial charge in [-0.2, -0.15) is 0 Å². The third-order valence-corrected chi connectivity index (χ3v) is 5.71. The summed E-state index contributed by atoms with van der Waals surface area (Å²) in [5.74, 6) is 1.48. The molecule has 4 rings (SSSR count). The molecule has 0 unspecified atom stereocenters. The molecular weight excluding hydrogens is 390 g/mol. The van der Waals surface area contributed by atoms with Gasteiger partial charge >= 0.3 is 0 Å². The highest BCUT2D eigenvalue weighted by Gasteiger charge is 2.30. The van der Waals surface area contributed by atoms with E-state index in [0.717, 1.165) is 36.3 Å². The van der Waals surface area contributed by atoms with Crippen molar-refractivity contribution in [2.75, 3.05) is 19.8 Å². The number of Topliss-reactive ketones (excluding diaryl/α,β-unsaturated/α-hetero) is 1. The lowest BCUT2D eigenvalue weighted by Gasteiger charge is -2.25. The molecule has 0 aliphatic carbocycles. The summed E-state index contributed by atoms with van der Waals surface area (Å²) in [4.78, 5) is 27.1. The number of ketones is 1. The third-order valence-electron chi connectivity index (χ3n) is 5.46. The first-order valence-corrected chi connectivity index (χ1v) is 10.5. The van der Waals surface area contributed by atoms with Gasteiger partial charge in [0, 0.05) is 36.4 Å². The van der Waals surface area contributed by atoms with Crippen LogP contribution in [0.5, 0.6) is 11.5 Å². The number of likely N-dealkylation sites (tertiary alicyclic amines) is 1. The second kappa shape index (κ2) is 8.87. The fourth-order valence-corrected chi connectivity index (χ4v) is 4.07. The Morgan fingerprint density at radius 2 is 1.72 bits per heavy atom. The molecule has 152 valence electrons. The fourth-order valence-electron chi connectivity index (χ4n) is 3.94. The summed E-state index contributed by atoms with van der Waals surface area (Å²) < 4.78 is 11.5. The van der Waals surface area contributed by atoms with Gasteiger partial charge in [0.15, 0.2) is 17.3 Å². The van der Waals surface area contributed by atoms with Gasteiger partial charge < -0.3 is 14.4 Å². The SMILES string of the molecule is O=C(CCC(=O)N1CCC[C@H]1c1ccc2c(c1)OCCCO2)c1ccc(Cl)cc1. The van der Waals surface area contributed by atoms with E-state index in [1.807, 2.05) is 23.1 Å². The first-order valence-electron chi connectivity index (χ1n) is 10.1. The van der Waals surface area contributed by atoms with Crippen LogP contribution in [0.1, 0.15) is 54.1 Å². The fraction of sp³-hybridized carbons (Fsp3) is 0.391. The maximum Gasteiger partial charge on any atom is 0.223 e. The normalized spacial score (nSPS) is 18.4. The number of nitrogens with zero attached hydrogens (tertiary/aromatic N) is 1. The van der Waals surface area contributed by atoms with Gasteiger partial charge in [-0.05, 0) is 54.8 Å². The van der Waals surface area contributed by atoms with Crippen molar-refractivity contribution in [3.8, 4) is 11.5 Å². The van der Waals surface area contributed by atoms with Crippen LogP contribution in [0.25, 0.3) is 0 Å². The predicted octanol–water partition coefficient (Wildman–Crippen LogP) is 4.83. The molecule has 0 N–H and O–H groups in total. The lowest BCUT2D eigenvalue weighted by Crippen LogP contribution is -2.30. The molecule has 1 amide bonds. The minimum absolute atomic E-state index is 0.0157. The van der Waals surface area contributed by atoms with Gasteiger partial charge in [0.05, 0.1) is 19.3 Å². The van der Waals surface area contributed by atoms with E-state index >= 15 is 0 Å². The number of hydrogen-bond donors (Lipinski definition) is 0. The third kappa shape index (κ3) is 4.56. The number of hydrogen-bond acceptors (Lipinski definition) is 4. The Morgan fingerprint density at radius 3 is 2.52 bits per heavy atom.